The molecule has 0 aliphatic rings. The number of ether oxygens (including phenoxy) is 1. The van der Waals surface area contributed by atoms with Crippen molar-refractivity contribution in [3.05, 3.63) is 16.4 Å². The van der Waals surface area contributed by atoms with Gasteiger partial charge in [-0.2, -0.15) is 0 Å². The van der Waals surface area contributed by atoms with Gasteiger partial charge in [0.05, 0.1) is 11.0 Å². The summed E-state index contributed by atoms with van der Waals surface area (Å²) in [6.45, 7) is 5.46. The predicted molar refractivity (Wildman–Crippen MR) is 73.1 cm³/mol. The Morgan fingerprint density at radius 2 is 2.11 bits per heavy atom. The number of nitrogens with one attached hydrogen (secondary N) is 1. The molecule has 0 bridgehead atoms. The van der Waals surface area contributed by atoms with Crippen LogP contribution in [0, 0.1) is 0 Å². The van der Waals surface area contributed by atoms with E-state index in [4.69, 9.17) is 4.74 Å². The molecule has 1 amide bonds. The molecule has 5 nitrogen and oxygen atoms in total. The molecule has 0 saturated heterocycles. The lowest BCUT2D eigenvalue weighted by Crippen LogP contribution is -2.27. The predicted octanol–water partition coefficient (Wildman–Crippen LogP) is 3.61. The van der Waals surface area contributed by atoms with Crippen molar-refractivity contribution >= 4 is 33.8 Å². The van der Waals surface area contributed by atoms with Crippen LogP contribution in [0.5, 0.6) is 0 Å². The van der Waals surface area contributed by atoms with E-state index in [0.29, 0.717) is 10.7 Å². The molecule has 2 heterocycles. The molecule has 2 aromatic heterocycles. The van der Waals surface area contributed by atoms with Gasteiger partial charge in [-0.15, -0.1) is 22.7 Å². The molecule has 96 valence electrons. The molecule has 18 heavy (non-hydrogen) atoms. The minimum atomic E-state index is -0.518. The number of anilines is 1. The van der Waals surface area contributed by atoms with Crippen molar-refractivity contribution in [2.75, 3.05) is 5.32 Å². The van der Waals surface area contributed by atoms with Crippen molar-refractivity contribution in [3.8, 4) is 11.4 Å². The Morgan fingerprint density at radius 1 is 1.33 bits per heavy atom. The zero-order valence-corrected chi connectivity index (χ0v) is 11.9. The average molecular weight is 283 g/mol. The highest BCUT2D eigenvalue weighted by atomic mass is 32.1. The van der Waals surface area contributed by atoms with Crippen LogP contribution < -0.4 is 5.32 Å². The van der Waals surface area contributed by atoms with Crippen LogP contribution in [0.4, 0.5) is 9.80 Å². The minimum Gasteiger partial charge on any atom is -0.444 e. The van der Waals surface area contributed by atoms with Gasteiger partial charge < -0.3 is 4.74 Å². The van der Waals surface area contributed by atoms with Crippen molar-refractivity contribution in [2.24, 2.45) is 0 Å². The van der Waals surface area contributed by atoms with Crippen LogP contribution in [0.2, 0.25) is 0 Å². The summed E-state index contributed by atoms with van der Waals surface area (Å²) in [5.41, 5.74) is 4.31. The van der Waals surface area contributed by atoms with Crippen molar-refractivity contribution in [3.63, 3.8) is 0 Å². The summed E-state index contributed by atoms with van der Waals surface area (Å²) in [7, 11) is 0. The molecule has 7 heteroatoms. The summed E-state index contributed by atoms with van der Waals surface area (Å²) in [4.78, 5) is 20.0. The fourth-order valence-corrected chi connectivity index (χ4v) is 2.45. The highest BCUT2D eigenvalue weighted by molar-refractivity contribution is 7.14. The number of hydrogen-bond donors (Lipinski definition) is 1. The molecule has 2 aromatic rings. The topological polar surface area (TPSA) is 64.1 Å². The first-order valence-corrected chi connectivity index (χ1v) is 7.10. The molecule has 0 aromatic carbocycles. The van der Waals surface area contributed by atoms with Gasteiger partial charge in [0.1, 0.15) is 22.0 Å². The number of nitrogens with zero attached hydrogens (tertiary/aromatic N) is 2. The van der Waals surface area contributed by atoms with E-state index >= 15 is 0 Å². The molecule has 0 radical (unpaired) electrons. The van der Waals surface area contributed by atoms with Gasteiger partial charge in [0, 0.05) is 5.38 Å². The second-order valence-electron chi connectivity index (χ2n) is 4.53. The maximum atomic E-state index is 11.7. The molecule has 0 atom stereocenters. The summed E-state index contributed by atoms with van der Waals surface area (Å²) in [6, 6.07) is 0. The van der Waals surface area contributed by atoms with Gasteiger partial charge >= 0.3 is 6.09 Å². The summed E-state index contributed by atoms with van der Waals surface area (Å²) in [6.07, 6.45) is -0.483. The van der Waals surface area contributed by atoms with E-state index in [2.05, 4.69) is 15.3 Å². The first-order chi connectivity index (χ1) is 8.46. The molecule has 1 N–H and O–H groups in total. The van der Waals surface area contributed by atoms with Crippen molar-refractivity contribution in [2.45, 2.75) is 26.4 Å². The van der Waals surface area contributed by atoms with Gasteiger partial charge in [-0.1, -0.05) is 0 Å². The average Bonchev–Trinajstić information content (AvgIpc) is 2.82. The Bertz CT molecular complexity index is 529. The van der Waals surface area contributed by atoms with Gasteiger partial charge in [-0.05, 0) is 20.8 Å². The molecular formula is C11H13N3O2S2. The van der Waals surface area contributed by atoms with Crippen LogP contribution in [0.3, 0.4) is 0 Å². The summed E-state index contributed by atoms with van der Waals surface area (Å²) in [5, 5.41) is 5.23. The molecule has 0 aliphatic heterocycles. The van der Waals surface area contributed by atoms with E-state index in [1.165, 1.54) is 22.7 Å². The summed E-state index contributed by atoms with van der Waals surface area (Å²) >= 11 is 2.83. The van der Waals surface area contributed by atoms with Crippen molar-refractivity contribution in [1.82, 2.24) is 9.97 Å². The highest BCUT2D eigenvalue weighted by Gasteiger charge is 2.19. The van der Waals surface area contributed by atoms with Gasteiger partial charge in [-0.3, -0.25) is 5.32 Å². The van der Waals surface area contributed by atoms with Crippen LogP contribution in [0.15, 0.2) is 16.4 Å². The highest BCUT2D eigenvalue weighted by Crippen LogP contribution is 2.30. The van der Waals surface area contributed by atoms with Crippen LogP contribution >= 0.6 is 22.7 Å². The van der Waals surface area contributed by atoms with Crippen molar-refractivity contribution < 1.29 is 9.53 Å². The third-order valence-corrected chi connectivity index (χ3v) is 3.19. The number of rotatable bonds is 2. The quantitative estimate of drug-likeness (QED) is 0.914. The monoisotopic (exact) mass is 283 g/mol. The number of thiazole rings is 2. The third-order valence-electron chi connectivity index (χ3n) is 1.86. The number of hydrogen-bond acceptors (Lipinski definition) is 6. The Labute approximate surface area is 113 Å². The van der Waals surface area contributed by atoms with Crippen molar-refractivity contribution in [1.29, 1.82) is 0 Å². The van der Waals surface area contributed by atoms with E-state index in [1.54, 1.807) is 11.0 Å². The minimum absolute atomic E-state index is 0.483. The Kier molecular flexibility index (Phi) is 3.63. The summed E-state index contributed by atoms with van der Waals surface area (Å²) in [5.74, 6) is 0. The largest absolute Gasteiger partial charge is 0.444 e. The van der Waals surface area contributed by atoms with E-state index in [0.717, 1.165) is 5.69 Å². The third kappa shape index (κ3) is 3.27. The fraction of sp³-hybridized carbons (Fsp3) is 0.364. The second kappa shape index (κ2) is 5.03. The first-order valence-electron chi connectivity index (χ1n) is 5.28. The molecular weight excluding hydrogens is 270 g/mol. The standard InChI is InChI=1S/C11H13N3O2S2/c1-11(2,3)16-10(15)14-9-8(13-6-18-9)7-4-17-5-12-7/h4-6H,1-3H3,(H,14,15). The number of amides is 1. The zero-order chi connectivity index (χ0) is 13.2. The maximum absolute atomic E-state index is 11.7. The SMILES string of the molecule is CC(C)(C)OC(=O)Nc1scnc1-c1cscn1. The fourth-order valence-electron chi connectivity index (χ4n) is 1.24. The lowest BCUT2D eigenvalue weighted by atomic mass is 10.2. The van der Waals surface area contributed by atoms with E-state index in [-0.39, 0.29) is 0 Å². The number of carbonyl (C=O) groups is 1. The lowest BCUT2D eigenvalue weighted by molar-refractivity contribution is 0.0636. The molecule has 2 rings (SSSR count). The number of aromatic nitrogens is 2. The molecule has 0 spiro atoms. The van der Waals surface area contributed by atoms with E-state index in [9.17, 15) is 4.79 Å². The van der Waals surface area contributed by atoms with Crippen LogP contribution in [0.1, 0.15) is 20.8 Å². The molecule has 0 unspecified atom stereocenters. The molecule has 0 fully saturated rings. The van der Waals surface area contributed by atoms with Gasteiger partial charge in [-0.25, -0.2) is 14.8 Å². The van der Waals surface area contributed by atoms with Crippen LogP contribution in [0.25, 0.3) is 11.4 Å². The van der Waals surface area contributed by atoms with Gasteiger partial charge in [0.15, 0.2) is 0 Å². The Hall–Kier alpha value is -1.47. The van der Waals surface area contributed by atoms with Gasteiger partial charge in [0.25, 0.3) is 0 Å². The van der Waals surface area contributed by atoms with Crippen LogP contribution in [-0.2, 0) is 4.74 Å². The summed E-state index contributed by atoms with van der Waals surface area (Å²) < 4.78 is 5.19. The lowest BCUT2D eigenvalue weighted by Gasteiger charge is -2.19. The zero-order valence-electron chi connectivity index (χ0n) is 10.3. The van der Waals surface area contributed by atoms with E-state index < -0.39 is 11.7 Å². The number of carbonyl (C=O) groups excluding carboxylic acids is 1. The maximum Gasteiger partial charge on any atom is 0.412 e. The first kappa shape index (κ1) is 13.0. The Balaban J connectivity index is 2.12. The smallest absolute Gasteiger partial charge is 0.412 e. The van der Waals surface area contributed by atoms with Crippen LogP contribution in [-0.4, -0.2) is 21.7 Å². The Morgan fingerprint density at radius 3 is 2.72 bits per heavy atom. The molecule has 0 saturated carbocycles. The normalized spacial score (nSPS) is 11.3. The molecule has 0 aliphatic carbocycles. The van der Waals surface area contributed by atoms with Gasteiger partial charge in [0.2, 0.25) is 0 Å². The van der Waals surface area contributed by atoms with E-state index in [1.807, 2.05) is 26.2 Å². The second-order valence-corrected chi connectivity index (χ2v) is 6.10.